The van der Waals surface area contributed by atoms with Crippen molar-refractivity contribution < 1.29 is 8.42 Å². The van der Waals surface area contributed by atoms with Gasteiger partial charge < -0.3 is 5.73 Å². The Labute approximate surface area is 103 Å². The first-order chi connectivity index (χ1) is 7.39. The number of sulfonamides is 1. The summed E-state index contributed by atoms with van der Waals surface area (Å²) in [7, 11) is -3.31. The molecule has 6 heteroatoms. The number of rotatable bonds is 5. The molecule has 94 valence electrons. The van der Waals surface area contributed by atoms with Gasteiger partial charge >= 0.3 is 0 Å². The molecule has 2 atom stereocenters. The second-order valence-corrected chi connectivity index (χ2v) is 7.04. The van der Waals surface area contributed by atoms with Crippen LogP contribution in [0.1, 0.15) is 32.6 Å². The van der Waals surface area contributed by atoms with Gasteiger partial charge in [0.1, 0.15) is 5.75 Å². The van der Waals surface area contributed by atoms with Gasteiger partial charge in [0.05, 0.1) is 4.99 Å². The zero-order valence-electron chi connectivity index (χ0n) is 9.61. The summed E-state index contributed by atoms with van der Waals surface area (Å²) in [4.78, 5) is 0.0181. The average molecular weight is 264 g/mol. The van der Waals surface area contributed by atoms with Crippen molar-refractivity contribution in [2.75, 3.05) is 12.3 Å². The lowest BCUT2D eigenvalue weighted by Gasteiger charge is -2.26. The Bertz CT molecular complexity index is 341. The lowest BCUT2D eigenvalue weighted by molar-refractivity contribution is 0.283. The van der Waals surface area contributed by atoms with Gasteiger partial charge in [-0.15, -0.1) is 0 Å². The van der Waals surface area contributed by atoms with E-state index >= 15 is 0 Å². The molecule has 1 fully saturated rings. The van der Waals surface area contributed by atoms with E-state index in [0.717, 1.165) is 12.8 Å². The summed E-state index contributed by atoms with van der Waals surface area (Å²) >= 11 is 4.59. The van der Waals surface area contributed by atoms with E-state index in [1.165, 1.54) is 12.8 Å². The highest BCUT2D eigenvalue weighted by atomic mass is 32.2. The smallest absolute Gasteiger partial charge is 0.218 e. The van der Waals surface area contributed by atoms with E-state index in [9.17, 15) is 8.42 Å². The van der Waals surface area contributed by atoms with Crippen molar-refractivity contribution in [3.8, 4) is 0 Å². The highest BCUT2D eigenvalue weighted by Gasteiger charge is 2.21. The highest BCUT2D eigenvalue weighted by molar-refractivity contribution is 7.92. The summed E-state index contributed by atoms with van der Waals surface area (Å²) in [5.41, 5.74) is 5.22. The molecule has 0 spiro atoms. The molecule has 0 aromatic rings. The fraction of sp³-hybridized carbons (Fsp3) is 0.900. The quantitative estimate of drug-likeness (QED) is 0.727. The van der Waals surface area contributed by atoms with Crippen LogP contribution in [-0.4, -0.2) is 25.7 Å². The molecular weight excluding hydrogens is 244 g/mol. The Kier molecular flexibility index (Phi) is 5.14. The minimum atomic E-state index is -3.31. The summed E-state index contributed by atoms with van der Waals surface area (Å²) in [6.45, 7) is 2.74. The summed E-state index contributed by atoms with van der Waals surface area (Å²) < 4.78 is 25.6. The van der Waals surface area contributed by atoms with E-state index < -0.39 is 10.0 Å². The van der Waals surface area contributed by atoms with E-state index in [-0.39, 0.29) is 10.7 Å². The van der Waals surface area contributed by atoms with Gasteiger partial charge in [0.15, 0.2) is 0 Å². The van der Waals surface area contributed by atoms with Crippen LogP contribution < -0.4 is 10.5 Å². The van der Waals surface area contributed by atoms with Gasteiger partial charge in [-0.2, -0.15) is 0 Å². The number of thiocarbonyl (C=S) groups is 1. The van der Waals surface area contributed by atoms with Gasteiger partial charge in [0.25, 0.3) is 0 Å². The van der Waals surface area contributed by atoms with Gasteiger partial charge in [-0.25, -0.2) is 13.1 Å². The van der Waals surface area contributed by atoms with Crippen molar-refractivity contribution in [3.05, 3.63) is 0 Å². The standard InChI is InChI=1S/C10H20N2O2S2/c1-8-3-2-4-9(5-8)6-12-16(13,14)7-10(11)15/h8-9,12H,2-7H2,1H3,(H2,11,15). The maximum Gasteiger partial charge on any atom is 0.218 e. The molecule has 0 bridgehead atoms. The third-order valence-electron chi connectivity index (χ3n) is 2.97. The van der Waals surface area contributed by atoms with E-state index in [4.69, 9.17) is 5.73 Å². The van der Waals surface area contributed by atoms with Crippen molar-refractivity contribution in [1.82, 2.24) is 4.72 Å². The third-order valence-corrected chi connectivity index (χ3v) is 4.59. The predicted octanol–water partition coefficient (Wildman–Crippen LogP) is 1.02. The molecule has 16 heavy (non-hydrogen) atoms. The molecule has 0 aromatic heterocycles. The van der Waals surface area contributed by atoms with Crippen LogP contribution in [0.25, 0.3) is 0 Å². The minimum absolute atomic E-state index is 0.0181. The summed E-state index contributed by atoms with van der Waals surface area (Å²) in [5.74, 6) is 0.925. The Morgan fingerprint density at radius 1 is 1.50 bits per heavy atom. The second kappa shape index (κ2) is 5.93. The van der Waals surface area contributed by atoms with Crippen LogP contribution >= 0.6 is 12.2 Å². The van der Waals surface area contributed by atoms with Gasteiger partial charge in [-0.1, -0.05) is 32.0 Å². The SMILES string of the molecule is CC1CCCC(CNS(=O)(=O)CC(N)=S)C1. The van der Waals surface area contributed by atoms with E-state index in [1.54, 1.807) is 0 Å². The second-order valence-electron chi connectivity index (χ2n) is 4.71. The molecular formula is C10H20N2O2S2. The van der Waals surface area contributed by atoms with Crippen LogP contribution in [0.2, 0.25) is 0 Å². The molecule has 3 N–H and O–H groups in total. The summed E-state index contributed by atoms with van der Waals surface area (Å²) in [6, 6.07) is 0. The monoisotopic (exact) mass is 264 g/mol. The van der Waals surface area contributed by atoms with E-state index in [0.29, 0.717) is 18.4 Å². The van der Waals surface area contributed by atoms with Crippen molar-refractivity contribution in [2.24, 2.45) is 17.6 Å². The zero-order chi connectivity index (χ0) is 12.2. The van der Waals surface area contributed by atoms with Crippen LogP contribution in [0, 0.1) is 11.8 Å². The molecule has 0 aromatic carbocycles. The van der Waals surface area contributed by atoms with E-state index in [1.807, 2.05) is 0 Å². The maximum absolute atomic E-state index is 11.5. The highest BCUT2D eigenvalue weighted by Crippen LogP contribution is 2.27. The third kappa shape index (κ3) is 5.23. The molecule has 0 amide bonds. The maximum atomic E-state index is 11.5. The number of nitrogens with two attached hydrogens (primary N) is 1. The molecule has 0 heterocycles. The van der Waals surface area contributed by atoms with Crippen molar-refractivity contribution in [3.63, 3.8) is 0 Å². The Hall–Kier alpha value is -0.200. The average Bonchev–Trinajstić information content (AvgIpc) is 2.13. The fourth-order valence-electron chi connectivity index (χ4n) is 2.23. The molecule has 0 radical (unpaired) electrons. The Morgan fingerprint density at radius 2 is 2.19 bits per heavy atom. The van der Waals surface area contributed by atoms with E-state index in [2.05, 4.69) is 23.9 Å². The first kappa shape index (κ1) is 13.9. The lowest BCUT2D eigenvalue weighted by atomic mass is 9.83. The molecule has 1 aliphatic carbocycles. The Balaban J connectivity index is 2.36. The number of hydrogen-bond acceptors (Lipinski definition) is 3. The zero-order valence-corrected chi connectivity index (χ0v) is 11.2. The van der Waals surface area contributed by atoms with Gasteiger partial charge in [-0.05, 0) is 24.7 Å². The van der Waals surface area contributed by atoms with Gasteiger partial charge in [0, 0.05) is 6.54 Å². The van der Waals surface area contributed by atoms with Crippen LogP contribution in [0.15, 0.2) is 0 Å². The molecule has 1 rings (SSSR count). The summed E-state index contributed by atoms with van der Waals surface area (Å²) in [6.07, 6.45) is 4.68. The normalized spacial score (nSPS) is 26.6. The molecule has 4 nitrogen and oxygen atoms in total. The minimum Gasteiger partial charge on any atom is -0.392 e. The predicted molar refractivity (Wildman–Crippen MR) is 69.7 cm³/mol. The van der Waals surface area contributed by atoms with Crippen LogP contribution in [0.4, 0.5) is 0 Å². The van der Waals surface area contributed by atoms with Crippen molar-refractivity contribution in [1.29, 1.82) is 0 Å². The first-order valence-corrected chi connectivity index (χ1v) is 7.71. The van der Waals surface area contributed by atoms with Crippen LogP contribution in [-0.2, 0) is 10.0 Å². The van der Waals surface area contributed by atoms with Crippen molar-refractivity contribution in [2.45, 2.75) is 32.6 Å². The largest absolute Gasteiger partial charge is 0.392 e. The van der Waals surface area contributed by atoms with Gasteiger partial charge in [0.2, 0.25) is 10.0 Å². The number of nitrogens with one attached hydrogen (secondary N) is 1. The van der Waals surface area contributed by atoms with Gasteiger partial charge in [-0.3, -0.25) is 0 Å². The lowest BCUT2D eigenvalue weighted by Crippen LogP contribution is -2.36. The molecule has 2 unspecified atom stereocenters. The molecule has 1 saturated carbocycles. The topological polar surface area (TPSA) is 72.2 Å². The van der Waals surface area contributed by atoms with Crippen LogP contribution in [0.3, 0.4) is 0 Å². The summed E-state index contributed by atoms with van der Waals surface area (Å²) in [5, 5.41) is 0. The fourth-order valence-corrected chi connectivity index (χ4v) is 3.66. The van der Waals surface area contributed by atoms with Crippen LogP contribution in [0.5, 0.6) is 0 Å². The van der Waals surface area contributed by atoms with Crippen molar-refractivity contribution >= 4 is 27.2 Å². The molecule has 1 aliphatic rings. The first-order valence-electron chi connectivity index (χ1n) is 5.64. The molecule has 0 saturated heterocycles. The molecule has 0 aliphatic heterocycles. The number of hydrogen-bond donors (Lipinski definition) is 2. The Morgan fingerprint density at radius 3 is 2.75 bits per heavy atom.